The lowest BCUT2D eigenvalue weighted by Gasteiger charge is -2.32. The first-order valence-corrected chi connectivity index (χ1v) is 12.4. The number of nitrogens with zero attached hydrogens (tertiary/aromatic N) is 3. The number of aromatic nitrogens is 3. The molecule has 1 aromatic carbocycles. The maximum atomic E-state index is 13.6. The zero-order valence-electron chi connectivity index (χ0n) is 19.2. The van der Waals surface area contributed by atoms with Crippen LogP contribution in [0, 0.1) is 0 Å². The lowest BCUT2D eigenvalue weighted by molar-refractivity contribution is -0.115. The number of fused-ring (bicyclic) bond motifs is 2. The summed E-state index contributed by atoms with van der Waals surface area (Å²) in [5.74, 6) is 1.39. The summed E-state index contributed by atoms with van der Waals surface area (Å²) in [7, 11) is 0. The van der Waals surface area contributed by atoms with Gasteiger partial charge in [-0.25, -0.2) is 4.98 Å². The van der Waals surface area contributed by atoms with Gasteiger partial charge in [-0.05, 0) is 67.5 Å². The number of carbonyl (C=O) groups is 2. The predicted octanol–water partition coefficient (Wildman–Crippen LogP) is 5.11. The highest BCUT2D eigenvalue weighted by Crippen LogP contribution is 2.39. The number of benzene rings is 1. The highest BCUT2D eigenvalue weighted by Gasteiger charge is 2.42. The highest BCUT2D eigenvalue weighted by atomic mass is 32.2. The van der Waals surface area contributed by atoms with E-state index in [0.29, 0.717) is 24.2 Å². The molecule has 34 heavy (non-hydrogen) atoms. The number of Topliss-reactive ketones (excluding diaryl/α,β-unsaturated/α-hetero) is 1. The van der Waals surface area contributed by atoms with E-state index in [-0.39, 0.29) is 18.1 Å². The van der Waals surface area contributed by atoms with Crippen molar-refractivity contribution in [2.75, 3.05) is 11.1 Å². The number of rotatable bonds is 6. The number of nitrogens with one attached hydrogen (secondary N) is 1. The minimum absolute atomic E-state index is 0.0194. The van der Waals surface area contributed by atoms with Crippen molar-refractivity contribution >= 4 is 34.8 Å². The third kappa shape index (κ3) is 4.12. The topological polar surface area (TPSA) is 76.4 Å². The Labute approximate surface area is 202 Å². The van der Waals surface area contributed by atoms with Crippen LogP contribution in [-0.2, 0) is 23.1 Å². The second-order valence-corrected chi connectivity index (χ2v) is 10.1. The third-order valence-corrected chi connectivity index (χ3v) is 7.32. The molecule has 0 bridgehead atoms. The Balaban J connectivity index is 1.32. The summed E-state index contributed by atoms with van der Waals surface area (Å²) in [5.41, 5.74) is 3.29. The van der Waals surface area contributed by atoms with Crippen LogP contribution in [-0.4, -0.2) is 31.8 Å². The predicted molar refractivity (Wildman–Crippen MR) is 135 cm³/mol. The number of ketones is 1. The van der Waals surface area contributed by atoms with Gasteiger partial charge in [0.15, 0.2) is 5.78 Å². The minimum atomic E-state index is -0.720. The van der Waals surface area contributed by atoms with E-state index in [1.165, 1.54) is 4.90 Å². The fourth-order valence-electron chi connectivity index (χ4n) is 4.61. The van der Waals surface area contributed by atoms with Gasteiger partial charge in [-0.2, -0.15) is 0 Å². The van der Waals surface area contributed by atoms with Gasteiger partial charge in [0, 0.05) is 29.0 Å². The first-order chi connectivity index (χ1) is 16.5. The summed E-state index contributed by atoms with van der Waals surface area (Å²) in [6, 6.07) is 15.5. The molecule has 5 rings (SSSR count). The van der Waals surface area contributed by atoms with Crippen LogP contribution in [0.2, 0.25) is 0 Å². The van der Waals surface area contributed by atoms with Gasteiger partial charge < -0.3 is 9.72 Å². The van der Waals surface area contributed by atoms with Crippen LogP contribution in [0.3, 0.4) is 0 Å². The lowest BCUT2D eigenvalue weighted by atomic mass is 9.70. The number of hydrogen-bond acceptors (Lipinski definition) is 5. The minimum Gasteiger partial charge on any atom is -0.321 e. The Morgan fingerprint density at radius 2 is 1.97 bits per heavy atom. The molecular formula is C27H26N4O2S. The average Bonchev–Trinajstić information content (AvgIpc) is 3.32. The van der Waals surface area contributed by atoms with E-state index in [9.17, 15) is 9.59 Å². The van der Waals surface area contributed by atoms with Crippen LogP contribution < -0.4 is 5.32 Å². The van der Waals surface area contributed by atoms with Gasteiger partial charge in [0.05, 0.1) is 28.7 Å². The van der Waals surface area contributed by atoms with Crippen LogP contribution in [0.5, 0.6) is 0 Å². The first kappa shape index (κ1) is 22.3. The number of hydrogen-bond donors (Lipinski definition) is 1. The van der Waals surface area contributed by atoms with Crippen LogP contribution >= 0.6 is 11.8 Å². The van der Waals surface area contributed by atoms with Crippen LogP contribution in [0.15, 0.2) is 72.0 Å². The molecule has 6 nitrogen and oxygen atoms in total. The van der Waals surface area contributed by atoms with E-state index in [1.807, 2.05) is 60.1 Å². The number of amides is 1. The van der Waals surface area contributed by atoms with Gasteiger partial charge in [-0.3, -0.25) is 14.6 Å². The second kappa shape index (κ2) is 9.06. The molecule has 3 heterocycles. The van der Waals surface area contributed by atoms with Gasteiger partial charge in [0.25, 0.3) is 0 Å². The molecule has 1 unspecified atom stereocenters. The molecule has 4 aromatic rings. The zero-order valence-corrected chi connectivity index (χ0v) is 20.1. The number of anilines is 1. The van der Waals surface area contributed by atoms with Crippen molar-refractivity contribution in [2.45, 2.75) is 43.4 Å². The second-order valence-electron chi connectivity index (χ2n) is 8.73. The molecule has 0 saturated heterocycles. The van der Waals surface area contributed by atoms with Gasteiger partial charge >= 0.3 is 0 Å². The van der Waals surface area contributed by atoms with E-state index in [0.717, 1.165) is 28.2 Å². The quantitative estimate of drug-likeness (QED) is 0.396. The Morgan fingerprint density at radius 1 is 1.15 bits per heavy atom. The monoisotopic (exact) mass is 470 g/mol. The zero-order chi connectivity index (χ0) is 23.7. The summed E-state index contributed by atoms with van der Waals surface area (Å²) in [6.07, 6.45) is 7.12. The van der Waals surface area contributed by atoms with E-state index in [4.69, 9.17) is 0 Å². The van der Waals surface area contributed by atoms with Crippen molar-refractivity contribution < 1.29 is 9.59 Å². The average molecular weight is 471 g/mol. The molecule has 0 aliphatic heterocycles. The molecule has 1 atom stereocenters. The molecule has 1 aliphatic rings. The number of carbonyl (C=O) groups excluding carboxylic acids is 2. The Kier molecular flexibility index (Phi) is 5.96. The van der Waals surface area contributed by atoms with Crippen LogP contribution in [0.25, 0.3) is 5.52 Å². The smallest absolute Gasteiger partial charge is 0.229 e. The molecule has 0 spiro atoms. The van der Waals surface area contributed by atoms with Crippen molar-refractivity contribution in [1.82, 2.24) is 14.4 Å². The number of pyridine rings is 1. The fourth-order valence-corrected chi connectivity index (χ4v) is 5.27. The van der Waals surface area contributed by atoms with E-state index >= 15 is 0 Å². The molecule has 1 N–H and O–H groups in total. The molecule has 7 heteroatoms. The Morgan fingerprint density at radius 3 is 2.76 bits per heavy atom. The molecule has 0 radical (unpaired) electrons. The van der Waals surface area contributed by atoms with Gasteiger partial charge in [-0.15, -0.1) is 11.8 Å². The molecule has 172 valence electrons. The molecule has 0 saturated carbocycles. The SMILES string of the molecule is CCSc1ccc(CC(=O)Nc2ccc3c(n2)CCC(C)(c2nccn4cccc24)C3=O)cc1. The lowest BCUT2D eigenvalue weighted by Crippen LogP contribution is -2.39. The number of thioether (sulfide) groups is 1. The fraction of sp³-hybridized carbons (Fsp3) is 0.259. The van der Waals surface area contributed by atoms with Crippen LogP contribution in [0.4, 0.5) is 5.82 Å². The van der Waals surface area contributed by atoms with E-state index < -0.39 is 5.41 Å². The largest absolute Gasteiger partial charge is 0.321 e. The molecule has 1 amide bonds. The summed E-state index contributed by atoms with van der Waals surface area (Å²) >= 11 is 1.77. The third-order valence-electron chi connectivity index (χ3n) is 6.42. The summed E-state index contributed by atoms with van der Waals surface area (Å²) in [5, 5.41) is 2.89. The standard InChI is InChI=1S/C27H26N4O2S/c1-3-34-19-8-6-18(7-9-19)17-24(32)30-23-11-10-20-21(29-23)12-13-27(2,26(20)33)25-22-5-4-15-31(22)16-14-28-25/h4-11,14-16H,3,12-13,17H2,1-2H3,(H,29,30,32). The molecule has 1 aliphatic carbocycles. The first-order valence-electron chi connectivity index (χ1n) is 11.5. The van der Waals surface area contributed by atoms with Gasteiger partial charge in [0.1, 0.15) is 5.82 Å². The summed E-state index contributed by atoms with van der Waals surface area (Å²) in [6.45, 7) is 4.08. The molecule has 0 fully saturated rings. The van der Waals surface area contributed by atoms with Gasteiger partial charge in [-0.1, -0.05) is 19.1 Å². The van der Waals surface area contributed by atoms with Gasteiger partial charge in [0.2, 0.25) is 5.91 Å². The maximum Gasteiger partial charge on any atom is 0.229 e. The Hall–Kier alpha value is -3.45. The number of aryl methyl sites for hydroxylation is 1. The van der Waals surface area contributed by atoms with Crippen LogP contribution in [0.1, 0.15) is 47.6 Å². The summed E-state index contributed by atoms with van der Waals surface area (Å²) < 4.78 is 1.99. The van der Waals surface area contributed by atoms with Crippen molar-refractivity contribution in [2.24, 2.45) is 0 Å². The van der Waals surface area contributed by atoms with Crippen molar-refractivity contribution in [3.05, 3.63) is 89.6 Å². The molecule has 3 aromatic heterocycles. The van der Waals surface area contributed by atoms with Crippen molar-refractivity contribution in [1.29, 1.82) is 0 Å². The van der Waals surface area contributed by atoms with Crippen molar-refractivity contribution in [3.63, 3.8) is 0 Å². The highest BCUT2D eigenvalue weighted by molar-refractivity contribution is 7.99. The van der Waals surface area contributed by atoms with Crippen molar-refractivity contribution in [3.8, 4) is 0 Å². The normalized spacial score (nSPS) is 17.5. The summed E-state index contributed by atoms with van der Waals surface area (Å²) in [4.78, 5) is 36.6. The Bertz CT molecular complexity index is 1380. The van der Waals surface area contributed by atoms with E-state index in [1.54, 1.807) is 30.1 Å². The maximum absolute atomic E-state index is 13.6. The molecular weight excluding hydrogens is 444 g/mol. The van der Waals surface area contributed by atoms with E-state index in [2.05, 4.69) is 22.2 Å².